The number of morpholine rings is 1. The molecule has 2 fully saturated rings. The minimum Gasteiger partial charge on any atom is -0.496 e. The lowest BCUT2D eigenvalue weighted by Gasteiger charge is -2.27. The maximum atomic E-state index is 12.2. The topological polar surface area (TPSA) is 63.7 Å². The summed E-state index contributed by atoms with van der Waals surface area (Å²) in [5, 5.41) is 3.80. The minimum absolute atomic E-state index is 0.164. The van der Waals surface area contributed by atoms with Gasteiger partial charge < -0.3 is 14.8 Å². The van der Waals surface area contributed by atoms with Crippen LogP contribution >= 0.6 is 24.0 Å². The third-order valence-corrected chi connectivity index (χ3v) is 7.43. The highest BCUT2D eigenvalue weighted by Gasteiger charge is 2.22. The Balaban J connectivity index is 1.58. The number of thioether (sulfide) groups is 1. The second kappa shape index (κ2) is 10.5. The van der Waals surface area contributed by atoms with Crippen molar-refractivity contribution in [1.29, 1.82) is 0 Å². The zero-order chi connectivity index (χ0) is 24.4. The number of fused-ring (bicyclic) bond motifs is 1. The fraction of sp³-hybridized carbons (Fsp3) is 0.296. The van der Waals surface area contributed by atoms with Crippen molar-refractivity contribution >= 4 is 51.2 Å². The van der Waals surface area contributed by atoms with Gasteiger partial charge in [0, 0.05) is 30.6 Å². The number of ether oxygens (including phenoxy) is 2. The summed E-state index contributed by atoms with van der Waals surface area (Å²) in [4.78, 5) is 20.3. The summed E-state index contributed by atoms with van der Waals surface area (Å²) >= 11 is 6.41. The van der Waals surface area contributed by atoms with Crippen LogP contribution < -0.4 is 10.1 Å². The Morgan fingerprint density at radius 2 is 2.03 bits per heavy atom. The molecule has 0 unspecified atom stereocenters. The van der Waals surface area contributed by atoms with Crippen LogP contribution in [0.4, 0.5) is 0 Å². The largest absolute Gasteiger partial charge is 0.496 e. The maximum Gasteiger partial charge on any atom is 0.263 e. The fourth-order valence-electron chi connectivity index (χ4n) is 4.42. The second-order valence-corrected chi connectivity index (χ2v) is 10.4. The summed E-state index contributed by atoms with van der Waals surface area (Å²) < 4.78 is 11.7. The number of amides is 1. The van der Waals surface area contributed by atoms with Crippen LogP contribution in [0.15, 0.2) is 47.4 Å². The third kappa shape index (κ3) is 5.41. The predicted octanol–water partition coefficient (Wildman–Crippen LogP) is 4.58. The van der Waals surface area contributed by atoms with E-state index >= 15 is 0 Å². The van der Waals surface area contributed by atoms with E-state index in [4.69, 9.17) is 26.7 Å². The van der Waals surface area contributed by atoms with Gasteiger partial charge in [0.05, 0.1) is 36.4 Å². The van der Waals surface area contributed by atoms with Crippen LogP contribution in [0.2, 0.25) is 0 Å². The van der Waals surface area contributed by atoms with Gasteiger partial charge in [-0.05, 0) is 60.4 Å². The number of thiocarbonyl (C=S) groups is 1. The Labute approximate surface area is 214 Å². The Bertz CT molecular complexity index is 1330. The molecule has 2 aliphatic rings. The Hall–Kier alpha value is -2.78. The van der Waals surface area contributed by atoms with Gasteiger partial charge in [-0.2, -0.15) is 0 Å². The molecule has 0 saturated carbocycles. The minimum atomic E-state index is -0.164. The standard InChI is InChI=1S/C27H27N3O3S2/c1-17-3-5-19-16-20(7-8-30-9-11-33-12-10-30)25(28-22(19)13-17)21-14-18(4-6-23(21)32-2)15-24-26(31)29-27(34)35-24/h3-6,13-16H,7-12H2,1-2H3,(H,29,31,34). The van der Waals surface area contributed by atoms with E-state index in [0.717, 1.165) is 72.7 Å². The van der Waals surface area contributed by atoms with Crippen molar-refractivity contribution in [1.82, 2.24) is 15.2 Å². The highest BCUT2D eigenvalue weighted by Crippen LogP contribution is 2.36. The average molecular weight is 506 g/mol. The SMILES string of the molecule is COc1ccc(C=C2SC(=S)NC2=O)cc1-c1nc2cc(C)ccc2cc1CCN1CCOCC1. The maximum absolute atomic E-state index is 12.2. The van der Waals surface area contributed by atoms with E-state index in [2.05, 4.69) is 41.4 Å². The highest BCUT2D eigenvalue weighted by molar-refractivity contribution is 8.26. The van der Waals surface area contributed by atoms with Crippen LogP contribution in [0.1, 0.15) is 16.7 Å². The normalized spacial score (nSPS) is 17.8. The zero-order valence-electron chi connectivity index (χ0n) is 19.8. The lowest BCUT2D eigenvalue weighted by molar-refractivity contribution is -0.115. The molecule has 1 amide bonds. The average Bonchev–Trinajstić information content (AvgIpc) is 3.18. The van der Waals surface area contributed by atoms with E-state index in [1.165, 1.54) is 22.9 Å². The van der Waals surface area contributed by atoms with Crippen molar-refractivity contribution in [3.63, 3.8) is 0 Å². The first-order chi connectivity index (χ1) is 17.0. The molecule has 1 aromatic heterocycles. The fourth-order valence-corrected chi connectivity index (χ4v) is 5.47. The molecule has 0 spiro atoms. The highest BCUT2D eigenvalue weighted by atomic mass is 32.2. The first-order valence-electron chi connectivity index (χ1n) is 11.6. The lowest BCUT2D eigenvalue weighted by Crippen LogP contribution is -2.37. The number of hydrogen-bond acceptors (Lipinski definition) is 7. The molecule has 0 bridgehead atoms. The molecule has 2 aliphatic heterocycles. The van der Waals surface area contributed by atoms with Crippen molar-refractivity contribution in [2.24, 2.45) is 0 Å². The Kier molecular flexibility index (Phi) is 7.15. The number of carbonyl (C=O) groups excluding carboxylic acids is 1. The molecule has 180 valence electrons. The monoisotopic (exact) mass is 505 g/mol. The molecule has 5 rings (SSSR count). The van der Waals surface area contributed by atoms with Crippen LogP contribution in [0.25, 0.3) is 28.2 Å². The zero-order valence-corrected chi connectivity index (χ0v) is 21.4. The summed E-state index contributed by atoms with van der Waals surface area (Å²) in [5.74, 6) is 0.584. The predicted molar refractivity (Wildman–Crippen MR) is 146 cm³/mol. The van der Waals surface area contributed by atoms with E-state index in [0.29, 0.717) is 9.23 Å². The summed E-state index contributed by atoms with van der Waals surface area (Å²) in [6.45, 7) is 6.47. The molecule has 3 heterocycles. The molecule has 35 heavy (non-hydrogen) atoms. The molecular weight excluding hydrogens is 478 g/mol. The quantitative estimate of drug-likeness (QED) is 0.389. The number of benzene rings is 2. The molecule has 1 N–H and O–H groups in total. The van der Waals surface area contributed by atoms with Crippen LogP contribution in [0.5, 0.6) is 5.75 Å². The van der Waals surface area contributed by atoms with Gasteiger partial charge in [0.15, 0.2) is 0 Å². The van der Waals surface area contributed by atoms with Crippen LogP contribution in [-0.4, -0.2) is 60.1 Å². The third-order valence-electron chi connectivity index (χ3n) is 6.27. The molecule has 8 heteroatoms. The molecule has 0 atom stereocenters. The van der Waals surface area contributed by atoms with Crippen molar-refractivity contribution in [3.05, 3.63) is 64.1 Å². The van der Waals surface area contributed by atoms with E-state index in [1.54, 1.807) is 7.11 Å². The van der Waals surface area contributed by atoms with Gasteiger partial charge in [-0.3, -0.25) is 9.69 Å². The van der Waals surface area contributed by atoms with Gasteiger partial charge in [-0.25, -0.2) is 4.98 Å². The van der Waals surface area contributed by atoms with E-state index in [9.17, 15) is 4.79 Å². The number of pyridine rings is 1. The van der Waals surface area contributed by atoms with Crippen molar-refractivity contribution < 1.29 is 14.3 Å². The summed E-state index contributed by atoms with van der Waals surface area (Å²) in [7, 11) is 1.67. The van der Waals surface area contributed by atoms with E-state index < -0.39 is 0 Å². The molecule has 2 saturated heterocycles. The number of hydrogen-bond donors (Lipinski definition) is 1. The first-order valence-corrected chi connectivity index (χ1v) is 12.9. The number of methoxy groups -OCH3 is 1. The van der Waals surface area contributed by atoms with Crippen molar-refractivity contribution in [2.45, 2.75) is 13.3 Å². The van der Waals surface area contributed by atoms with Crippen molar-refractivity contribution in [3.8, 4) is 17.0 Å². The van der Waals surface area contributed by atoms with Gasteiger partial charge in [0.1, 0.15) is 10.1 Å². The number of nitrogens with one attached hydrogen (secondary N) is 1. The number of rotatable bonds is 6. The Morgan fingerprint density at radius 1 is 1.20 bits per heavy atom. The van der Waals surface area contributed by atoms with Crippen LogP contribution in [0.3, 0.4) is 0 Å². The first kappa shape index (κ1) is 23.9. The van der Waals surface area contributed by atoms with E-state index in [1.807, 2.05) is 24.3 Å². The molecule has 0 aliphatic carbocycles. The smallest absolute Gasteiger partial charge is 0.263 e. The summed E-state index contributed by atoms with van der Waals surface area (Å²) in [5.41, 5.74) is 6.01. The molecule has 0 radical (unpaired) electrons. The summed E-state index contributed by atoms with van der Waals surface area (Å²) in [6.07, 6.45) is 2.73. The van der Waals surface area contributed by atoms with Crippen molar-refractivity contribution in [2.75, 3.05) is 40.0 Å². The molecule has 6 nitrogen and oxygen atoms in total. The molecular formula is C27H27N3O3S2. The van der Waals surface area contributed by atoms with Gasteiger partial charge >= 0.3 is 0 Å². The van der Waals surface area contributed by atoms with Gasteiger partial charge in [-0.15, -0.1) is 0 Å². The molecule has 3 aromatic rings. The number of aryl methyl sites for hydroxylation is 1. The van der Waals surface area contributed by atoms with Gasteiger partial charge in [-0.1, -0.05) is 42.2 Å². The van der Waals surface area contributed by atoms with Crippen LogP contribution in [-0.2, 0) is 16.0 Å². The second-order valence-electron chi connectivity index (χ2n) is 8.71. The number of aromatic nitrogens is 1. The molecule has 2 aromatic carbocycles. The Morgan fingerprint density at radius 3 is 2.77 bits per heavy atom. The van der Waals surface area contributed by atoms with Crippen LogP contribution in [0, 0.1) is 6.92 Å². The van der Waals surface area contributed by atoms with Gasteiger partial charge in [0.2, 0.25) is 0 Å². The summed E-state index contributed by atoms with van der Waals surface area (Å²) in [6, 6.07) is 14.6. The number of nitrogens with zero attached hydrogens (tertiary/aromatic N) is 2. The lowest BCUT2D eigenvalue weighted by atomic mass is 9.97. The van der Waals surface area contributed by atoms with Gasteiger partial charge in [0.25, 0.3) is 5.91 Å². The number of carbonyl (C=O) groups is 1. The van der Waals surface area contributed by atoms with E-state index in [-0.39, 0.29) is 5.91 Å².